The average Bonchev–Trinajstić information content (AvgIpc) is 2.99. The molecule has 1 aromatic carbocycles. The highest BCUT2D eigenvalue weighted by atomic mass is 16.5. The fourth-order valence-electron chi connectivity index (χ4n) is 2.43. The van der Waals surface area contributed by atoms with Crippen LogP contribution < -0.4 is 14.8 Å². The summed E-state index contributed by atoms with van der Waals surface area (Å²) in [5.74, 6) is 2.49. The molecule has 2 atom stereocenters. The predicted molar refractivity (Wildman–Crippen MR) is 83.0 cm³/mol. The number of benzene rings is 1. The predicted octanol–water partition coefficient (Wildman–Crippen LogP) is 3.58. The van der Waals surface area contributed by atoms with Crippen LogP contribution in [0.3, 0.4) is 0 Å². The molecule has 0 aliphatic rings. The van der Waals surface area contributed by atoms with Gasteiger partial charge in [-0.2, -0.15) is 0 Å². The summed E-state index contributed by atoms with van der Waals surface area (Å²) in [6.07, 6.45) is 2.57. The molecule has 0 bridgehead atoms. The van der Waals surface area contributed by atoms with E-state index in [0.717, 1.165) is 23.7 Å². The Hall–Kier alpha value is -1.94. The van der Waals surface area contributed by atoms with Crippen molar-refractivity contribution in [2.24, 2.45) is 0 Å². The van der Waals surface area contributed by atoms with E-state index in [1.807, 2.05) is 24.3 Å². The number of hydrogen-bond donors (Lipinski definition) is 1. The average molecular weight is 289 g/mol. The molecule has 4 heteroatoms. The number of rotatable bonds is 7. The van der Waals surface area contributed by atoms with Crippen LogP contribution in [-0.4, -0.2) is 20.3 Å². The van der Waals surface area contributed by atoms with Crippen LogP contribution >= 0.6 is 0 Å². The first-order valence-electron chi connectivity index (χ1n) is 7.14. The summed E-state index contributed by atoms with van der Waals surface area (Å²) in [6, 6.07) is 10.5. The van der Waals surface area contributed by atoms with Crippen molar-refractivity contribution in [1.29, 1.82) is 0 Å². The molecule has 1 aromatic heterocycles. The van der Waals surface area contributed by atoms with Crippen LogP contribution in [0.2, 0.25) is 0 Å². The summed E-state index contributed by atoms with van der Waals surface area (Å²) in [4.78, 5) is 0. The third kappa shape index (κ3) is 4.02. The van der Waals surface area contributed by atoms with Crippen molar-refractivity contribution in [1.82, 2.24) is 5.32 Å². The fourth-order valence-corrected chi connectivity index (χ4v) is 2.43. The van der Waals surface area contributed by atoms with Gasteiger partial charge in [-0.05, 0) is 43.7 Å². The monoisotopic (exact) mass is 289 g/mol. The van der Waals surface area contributed by atoms with E-state index in [1.54, 1.807) is 20.5 Å². The molecule has 1 N–H and O–H groups in total. The van der Waals surface area contributed by atoms with Gasteiger partial charge in [0.25, 0.3) is 0 Å². The highest BCUT2D eigenvalue weighted by molar-refractivity contribution is 5.43. The van der Waals surface area contributed by atoms with Crippen LogP contribution in [0.5, 0.6) is 11.5 Å². The molecule has 2 unspecified atom stereocenters. The van der Waals surface area contributed by atoms with E-state index in [0.29, 0.717) is 6.04 Å². The highest BCUT2D eigenvalue weighted by Crippen LogP contribution is 2.30. The quantitative estimate of drug-likeness (QED) is 0.846. The zero-order valence-corrected chi connectivity index (χ0v) is 13.1. The zero-order chi connectivity index (χ0) is 15.2. The largest absolute Gasteiger partial charge is 0.493 e. The molecule has 0 fully saturated rings. The molecule has 2 aromatic rings. The third-order valence-corrected chi connectivity index (χ3v) is 3.53. The van der Waals surface area contributed by atoms with Crippen molar-refractivity contribution in [2.45, 2.75) is 32.4 Å². The minimum Gasteiger partial charge on any atom is -0.493 e. The second-order valence-electron chi connectivity index (χ2n) is 5.19. The molecule has 114 valence electrons. The van der Waals surface area contributed by atoms with Crippen LogP contribution in [0.15, 0.2) is 41.0 Å². The fraction of sp³-hybridized carbons (Fsp3) is 0.412. The van der Waals surface area contributed by atoms with E-state index in [4.69, 9.17) is 13.9 Å². The SMILES string of the molecule is COc1ccc(C(C)NC(C)Cc2ccco2)cc1OC. The molecule has 0 aliphatic heterocycles. The normalized spacial score (nSPS) is 13.7. The van der Waals surface area contributed by atoms with E-state index in [9.17, 15) is 0 Å². The van der Waals surface area contributed by atoms with Gasteiger partial charge in [-0.25, -0.2) is 0 Å². The van der Waals surface area contributed by atoms with Crippen LogP contribution in [-0.2, 0) is 6.42 Å². The second kappa shape index (κ2) is 7.18. The molecule has 0 radical (unpaired) electrons. The number of furan rings is 1. The highest BCUT2D eigenvalue weighted by Gasteiger charge is 2.13. The maximum Gasteiger partial charge on any atom is 0.161 e. The number of hydrogen-bond acceptors (Lipinski definition) is 4. The van der Waals surface area contributed by atoms with Gasteiger partial charge in [0.2, 0.25) is 0 Å². The van der Waals surface area contributed by atoms with Gasteiger partial charge >= 0.3 is 0 Å². The Labute approximate surface area is 126 Å². The molecule has 0 amide bonds. The summed E-state index contributed by atoms with van der Waals surface area (Å²) >= 11 is 0. The Bertz CT molecular complexity index is 551. The van der Waals surface area contributed by atoms with Gasteiger partial charge in [-0.15, -0.1) is 0 Å². The van der Waals surface area contributed by atoms with Crippen molar-refractivity contribution in [3.8, 4) is 11.5 Å². The topological polar surface area (TPSA) is 43.6 Å². The maximum atomic E-state index is 5.38. The summed E-state index contributed by atoms with van der Waals surface area (Å²) in [7, 11) is 3.30. The summed E-state index contributed by atoms with van der Waals surface area (Å²) in [5, 5.41) is 3.57. The third-order valence-electron chi connectivity index (χ3n) is 3.53. The number of ether oxygens (including phenoxy) is 2. The molecule has 4 nitrogen and oxygen atoms in total. The lowest BCUT2D eigenvalue weighted by atomic mass is 10.1. The minimum absolute atomic E-state index is 0.217. The standard InChI is InChI=1S/C17H23NO3/c1-12(10-15-6-5-9-21-15)18-13(2)14-7-8-16(19-3)17(11-14)20-4/h5-9,11-13,18H,10H2,1-4H3. The smallest absolute Gasteiger partial charge is 0.161 e. The van der Waals surface area contributed by atoms with Gasteiger partial charge in [-0.3, -0.25) is 0 Å². The van der Waals surface area contributed by atoms with Crippen molar-refractivity contribution in [3.05, 3.63) is 47.9 Å². The van der Waals surface area contributed by atoms with E-state index in [2.05, 4.69) is 25.2 Å². The molecule has 0 spiro atoms. The van der Waals surface area contributed by atoms with E-state index < -0.39 is 0 Å². The van der Waals surface area contributed by atoms with E-state index in [-0.39, 0.29) is 6.04 Å². The Kier molecular flexibility index (Phi) is 5.28. The molecular formula is C17H23NO3. The maximum absolute atomic E-state index is 5.38. The van der Waals surface area contributed by atoms with Gasteiger partial charge in [-0.1, -0.05) is 6.07 Å². The Morgan fingerprint density at radius 3 is 2.48 bits per heavy atom. The Balaban J connectivity index is 2.00. The first-order valence-corrected chi connectivity index (χ1v) is 7.14. The number of nitrogens with one attached hydrogen (secondary N) is 1. The van der Waals surface area contributed by atoms with Crippen LogP contribution in [0.1, 0.15) is 31.2 Å². The van der Waals surface area contributed by atoms with Gasteiger partial charge < -0.3 is 19.2 Å². The summed E-state index contributed by atoms with van der Waals surface area (Å²) < 4.78 is 16.0. The Morgan fingerprint density at radius 2 is 1.86 bits per heavy atom. The van der Waals surface area contributed by atoms with E-state index in [1.165, 1.54) is 5.56 Å². The zero-order valence-electron chi connectivity index (χ0n) is 13.1. The van der Waals surface area contributed by atoms with Gasteiger partial charge in [0, 0.05) is 18.5 Å². The van der Waals surface area contributed by atoms with Crippen LogP contribution in [0, 0.1) is 0 Å². The molecule has 21 heavy (non-hydrogen) atoms. The number of methoxy groups -OCH3 is 2. The summed E-state index contributed by atoms with van der Waals surface area (Å²) in [6.45, 7) is 4.29. The van der Waals surface area contributed by atoms with Crippen molar-refractivity contribution >= 4 is 0 Å². The van der Waals surface area contributed by atoms with Gasteiger partial charge in [0.1, 0.15) is 5.76 Å². The Morgan fingerprint density at radius 1 is 1.10 bits per heavy atom. The van der Waals surface area contributed by atoms with Gasteiger partial charge in [0.15, 0.2) is 11.5 Å². The molecule has 1 heterocycles. The molecule has 0 saturated heterocycles. The van der Waals surface area contributed by atoms with Crippen LogP contribution in [0.25, 0.3) is 0 Å². The molecular weight excluding hydrogens is 266 g/mol. The first-order chi connectivity index (χ1) is 10.1. The lowest BCUT2D eigenvalue weighted by Gasteiger charge is -2.20. The molecule has 2 rings (SSSR count). The summed E-state index contributed by atoms with van der Waals surface area (Å²) in [5.41, 5.74) is 1.17. The minimum atomic E-state index is 0.217. The van der Waals surface area contributed by atoms with Crippen molar-refractivity contribution < 1.29 is 13.9 Å². The van der Waals surface area contributed by atoms with Crippen molar-refractivity contribution in [2.75, 3.05) is 14.2 Å². The lowest BCUT2D eigenvalue weighted by molar-refractivity contribution is 0.353. The lowest BCUT2D eigenvalue weighted by Crippen LogP contribution is -2.30. The van der Waals surface area contributed by atoms with Gasteiger partial charge in [0.05, 0.1) is 20.5 Å². The van der Waals surface area contributed by atoms with Crippen molar-refractivity contribution in [3.63, 3.8) is 0 Å². The second-order valence-corrected chi connectivity index (χ2v) is 5.19. The van der Waals surface area contributed by atoms with Crippen LogP contribution in [0.4, 0.5) is 0 Å². The molecule has 0 aliphatic carbocycles. The van der Waals surface area contributed by atoms with E-state index >= 15 is 0 Å². The molecule has 0 saturated carbocycles. The first kappa shape index (κ1) is 15.4.